The second kappa shape index (κ2) is 9.05. The number of carbonyl (C=O) groups is 1. The van der Waals surface area contributed by atoms with Crippen LogP contribution in [0, 0.1) is 5.92 Å². The minimum atomic E-state index is 0.270. The molecule has 2 aliphatic carbocycles. The number of aromatic nitrogens is 2. The minimum absolute atomic E-state index is 0.270. The zero-order valence-corrected chi connectivity index (χ0v) is 20.0. The van der Waals surface area contributed by atoms with Gasteiger partial charge in [-0.1, -0.05) is 33.1 Å². The average Bonchev–Trinajstić information content (AvgIpc) is 3.21. The largest absolute Gasteiger partial charge is 0.352 e. The molecule has 1 saturated heterocycles. The molecule has 2 fully saturated rings. The predicted molar refractivity (Wildman–Crippen MR) is 128 cm³/mol. The molecule has 5 nitrogen and oxygen atoms in total. The van der Waals surface area contributed by atoms with Crippen LogP contribution >= 0.6 is 11.3 Å². The lowest BCUT2D eigenvalue weighted by Crippen LogP contribution is -2.51. The fraction of sp³-hybridized carbons (Fsp3) is 0.720. The fourth-order valence-corrected chi connectivity index (χ4v) is 6.80. The van der Waals surface area contributed by atoms with E-state index < -0.39 is 0 Å². The van der Waals surface area contributed by atoms with Crippen LogP contribution in [-0.2, 0) is 17.6 Å². The second-order valence-corrected chi connectivity index (χ2v) is 10.8. The van der Waals surface area contributed by atoms with Gasteiger partial charge in [-0.3, -0.25) is 4.79 Å². The Morgan fingerprint density at radius 2 is 1.77 bits per heavy atom. The van der Waals surface area contributed by atoms with Gasteiger partial charge >= 0.3 is 0 Å². The standard InChI is InChI=1S/C25H36N4OS/c1-3-17(2)22-26-23(21-19-11-7-8-12-20(19)31-24(21)27-22)28-13-15-29(16-14-28)25(30)18-9-5-4-6-10-18/h17-18H,3-16H2,1-2H3/t17-/m1/s1. The Balaban J connectivity index is 1.41. The summed E-state index contributed by atoms with van der Waals surface area (Å²) in [6.45, 7) is 7.87. The number of fused-ring (bicyclic) bond motifs is 3. The molecule has 3 aliphatic rings. The molecule has 0 N–H and O–H groups in total. The van der Waals surface area contributed by atoms with E-state index in [9.17, 15) is 4.79 Å². The smallest absolute Gasteiger partial charge is 0.225 e. The average molecular weight is 441 g/mol. The molecule has 1 saturated carbocycles. The lowest BCUT2D eigenvalue weighted by Gasteiger charge is -2.38. The van der Waals surface area contributed by atoms with E-state index in [1.165, 1.54) is 59.2 Å². The Morgan fingerprint density at radius 3 is 2.52 bits per heavy atom. The van der Waals surface area contributed by atoms with Crippen molar-refractivity contribution < 1.29 is 4.79 Å². The summed E-state index contributed by atoms with van der Waals surface area (Å²) in [5, 5.41) is 1.32. The van der Waals surface area contributed by atoms with Crippen molar-refractivity contribution in [2.75, 3.05) is 31.1 Å². The van der Waals surface area contributed by atoms with E-state index in [1.54, 1.807) is 0 Å². The van der Waals surface area contributed by atoms with Gasteiger partial charge in [-0.15, -0.1) is 11.3 Å². The molecular formula is C25H36N4OS. The van der Waals surface area contributed by atoms with E-state index in [4.69, 9.17) is 9.97 Å². The number of thiophene rings is 1. The Kier molecular flexibility index (Phi) is 6.18. The normalized spacial score (nSPS) is 21.4. The molecular weight excluding hydrogens is 404 g/mol. The summed E-state index contributed by atoms with van der Waals surface area (Å²) in [5.41, 5.74) is 1.51. The SMILES string of the molecule is CC[C@@H](C)c1nc(N2CCN(C(=O)C3CCCCC3)CC2)c2c3c(sc2n1)CCCC3. The van der Waals surface area contributed by atoms with Crippen molar-refractivity contribution in [1.82, 2.24) is 14.9 Å². The van der Waals surface area contributed by atoms with Crippen LogP contribution in [0.1, 0.15) is 87.4 Å². The number of anilines is 1. The summed E-state index contributed by atoms with van der Waals surface area (Å²) in [4.78, 5) is 30.5. The topological polar surface area (TPSA) is 49.3 Å². The monoisotopic (exact) mass is 440 g/mol. The maximum absolute atomic E-state index is 13.0. The van der Waals surface area contributed by atoms with Crippen LogP contribution in [0.15, 0.2) is 0 Å². The van der Waals surface area contributed by atoms with Crippen molar-refractivity contribution >= 4 is 33.3 Å². The summed E-state index contributed by atoms with van der Waals surface area (Å²) in [6.07, 6.45) is 11.9. The van der Waals surface area contributed by atoms with E-state index in [0.717, 1.165) is 63.5 Å². The molecule has 1 amide bonds. The Bertz CT molecular complexity index is 941. The van der Waals surface area contributed by atoms with E-state index in [1.807, 2.05) is 11.3 Å². The molecule has 1 aliphatic heterocycles. The Labute approximate surface area is 190 Å². The van der Waals surface area contributed by atoms with Crippen molar-refractivity contribution in [3.8, 4) is 0 Å². The van der Waals surface area contributed by atoms with Crippen LogP contribution in [0.25, 0.3) is 10.2 Å². The zero-order valence-electron chi connectivity index (χ0n) is 19.2. The van der Waals surface area contributed by atoms with Crippen LogP contribution in [0.3, 0.4) is 0 Å². The summed E-state index contributed by atoms with van der Waals surface area (Å²) in [6, 6.07) is 0. The number of aryl methyl sites for hydroxylation is 2. The van der Waals surface area contributed by atoms with Gasteiger partial charge in [0, 0.05) is 42.9 Å². The van der Waals surface area contributed by atoms with Crippen molar-refractivity contribution in [2.45, 2.75) is 84.0 Å². The van der Waals surface area contributed by atoms with E-state index in [0.29, 0.717) is 11.8 Å². The highest BCUT2D eigenvalue weighted by Gasteiger charge is 2.31. The molecule has 0 aromatic carbocycles. The quantitative estimate of drug-likeness (QED) is 0.646. The number of amides is 1. The lowest BCUT2D eigenvalue weighted by atomic mass is 9.88. The van der Waals surface area contributed by atoms with Gasteiger partial charge in [0.25, 0.3) is 0 Å². The predicted octanol–water partition coefficient (Wildman–Crippen LogP) is 5.31. The van der Waals surface area contributed by atoms with E-state index in [-0.39, 0.29) is 5.92 Å². The highest BCUT2D eigenvalue weighted by atomic mass is 32.1. The first kappa shape index (κ1) is 21.2. The molecule has 1 atom stereocenters. The van der Waals surface area contributed by atoms with Crippen LogP contribution < -0.4 is 4.90 Å². The molecule has 2 aromatic heterocycles. The minimum Gasteiger partial charge on any atom is -0.352 e. The first-order valence-electron chi connectivity index (χ1n) is 12.5. The molecule has 2 aromatic rings. The fourth-order valence-electron chi connectivity index (χ4n) is 5.53. The summed E-state index contributed by atoms with van der Waals surface area (Å²) in [7, 11) is 0. The number of nitrogens with zero attached hydrogens (tertiary/aromatic N) is 4. The van der Waals surface area contributed by atoms with Gasteiger partial charge in [0.05, 0.1) is 5.39 Å². The van der Waals surface area contributed by atoms with E-state index in [2.05, 4.69) is 23.6 Å². The van der Waals surface area contributed by atoms with Crippen molar-refractivity contribution in [3.63, 3.8) is 0 Å². The Morgan fingerprint density at radius 1 is 1.03 bits per heavy atom. The van der Waals surface area contributed by atoms with Gasteiger partial charge in [-0.25, -0.2) is 9.97 Å². The first-order chi connectivity index (χ1) is 15.2. The molecule has 3 heterocycles. The number of hydrogen-bond donors (Lipinski definition) is 0. The third kappa shape index (κ3) is 4.08. The van der Waals surface area contributed by atoms with E-state index >= 15 is 0 Å². The van der Waals surface area contributed by atoms with Crippen LogP contribution in [-0.4, -0.2) is 47.0 Å². The van der Waals surface area contributed by atoms with Crippen LogP contribution in [0.2, 0.25) is 0 Å². The Hall–Kier alpha value is -1.69. The van der Waals surface area contributed by atoms with Crippen LogP contribution in [0.5, 0.6) is 0 Å². The molecule has 0 radical (unpaired) electrons. The van der Waals surface area contributed by atoms with Gasteiger partial charge in [-0.2, -0.15) is 0 Å². The highest BCUT2D eigenvalue weighted by molar-refractivity contribution is 7.19. The zero-order chi connectivity index (χ0) is 21.4. The first-order valence-corrected chi connectivity index (χ1v) is 13.3. The number of carbonyl (C=O) groups excluding carboxylic acids is 1. The number of piperazine rings is 1. The lowest BCUT2D eigenvalue weighted by molar-refractivity contribution is -0.136. The molecule has 0 unspecified atom stereocenters. The summed E-state index contributed by atoms with van der Waals surface area (Å²) in [5.74, 6) is 3.18. The van der Waals surface area contributed by atoms with Crippen molar-refractivity contribution in [3.05, 3.63) is 16.3 Å². The van der Waals surface area contributed by atoms with Crippen molar-refractivity contribution in [1.29, 1.82) is 0 Å². The van der Waals surface area contributed by atoms with Gasteiger partial charge < -0.3 is 9.80 Å². The van der Waals surface area contributed by atoms with Gasteiger partial charge in [-0.05, 0) is 50.5 Å². The highest BCUT2D eigenvalue weighted by Crippen LogP contribution is 2.41. The molecule has 31 heavy (non-hydrogen) atoms. The second-order valence-electron chi connectivity index (χ2n) is 9.75. The summed E-state index contributed by atoms with van der Waals surface area (Å²) >= 11 is 1.90. The third-order valence-electron chi connectivity index (χ3n) is 7.71. The maximum Gasteiger partial charge on any atom is 0.225 e. The molecule has 0 bridgehead atoms. The molecule has 6 heteroatoms. The van der Waals surface area contributed by atoms with Crippen LogP contribution in [0.4, 0.5) is 5.82 Å². The number of rotatable bonds is 4. The summed E-state index contributed by atoms with van der Waals surface area (Å²) < 4.78 is 0. The maximum atomic E-state index is 13.0. The van der Waals surface area contributed by atoms with Gasteiger partial charge in [0.1, 0.15) is 16.5 Å². The molecule has 5 rings (SSSR count). The molecule has 168 valence electrons. The molecule has 0 spiro atoms. The van der Waals surface area contributed by atoms with Gasteiger partial charge in [0.2, 0.25) is 5.91 Å². The number of hydrogen-bond acceptors (Lipinski definition) is 5. The third-order valence-corrected chi connectivity index (χ3v) is 8.90. The van der Waals surface area contributed by atoms with Gasteiger partial charge in [0.15, 0.2) is 0 Å². The van der Waals surface area contributed by atoms with Crippen molar-refractivity contribution in [2.24, 2.45) is 5.92 Å².